The van der Waals surface area contributed by atoms with Gasteiger partial charge in [-0.3, -0.25) is 14.0 Å². The fraction of sp³-hybridized carbons (Fsp3) is 0.333. The molecule has 0 saturated heterocycles. The molecule has 0 aliphatic carbocycles. The van der Waals surface area contributed by atoms with Crippen molar-refractivity contribution in [1.29, 1.82) is 0 Å². The van der Waals surface area contributed by atoms with Crippen LogP contribution in [0.5, 0.6) is 5.75 Å². The standard InChI is InChI=1S/C15H17NO3/c1-4-11-12(5-2)15(18)16-9-7-6-8-13(16)14(11)19-10(3)17/h6-9H,4-5H2,1-3H3. The van der Waals surface area contributed by atoms with Gasteiger partial charge in [-0.1, -0.05) is 19.9 Å². The van der Waals surface area contributed by atoms with Crippen LogP contribution >= 0.6 is 0 Å². The second-order valence-corrected chi connectivity index (χ2v) is 4.35. The van der Waals surface area contributed by atoms with Crippen molar-refractivity contribution in [2.24, 2.45) is 0 Å². The van der Waals surface area contributed by atoms with Gasteiger partial charge in [0.1, 0.15) is 0 Å². The van der Waals surface area contributed by atoms with E-state index in [0.717, 1.165) is 5.56 Å². The van der Waals surface area contributed by atoms with Crippen molar-refractivity contribution in [3.8, 4) is 5.75 Å². The van der Waals surface area contributed by atoms with E-state index in [1.807, 2.05) is 19.9 Å². The van der Waals surface area contributed by atoms with E-state index in [4.69, 9.17) is 4.74 Å². The van der Waals surface area contributed by atoms with Crippen molar-refractivity contribution >= 4 is 11.5 Å². The summed E-state index contributed by atoms with van der Waals surface area (Å²) in [7, 11) is 0. The zero-order chi connectivity index (χ0) is 14.0. The fourth-order valence-corrected chi connectivity index (χ4v) is 2.37. The Hall–Kier alpha value is -2.10. The number of ether oxygens (including phenoxy) is 1. The molecule has 0 amide bonds. The molecule has 2 aromatic heterocycles. The van der Waals surface area contributed by atoms with Crippen LogP contribution in [-0.2, 0) is 17.6 Å². The lowest BCUT2D eigenvalue weighted by Gasteiger charge is -2.15. The van der Waals surface area contributed by atoms with E-state index in [9.17, 15) is 9.59 Å². The highest BCUT2D eigenvalue weighted by Gasteiger charge is 2.17. The van der Waals surface area contributed by atoms with Gasteiger partial charge in [-0.15, -0.1) is 0 Å². The molecule has 0 aromatic carbocycles. The zero-order valence-electron chi connectivity index (χ0n) is 11.4. The second-order valence-electron chi connectivity index (χ2n) is 4.35. The number of pyridine rings is 2. The summed E-state index contributed by atoms with van der Waals surface area (Å²) in [6.07, 6.45) is 2.98. The molecular formula is C15H17NO3. The number of hydrogen-bond donors (Lipinski definition) is 0. The molecule has 0 spiro atoms. The van der Waals surface area contributed by atoms with E-state index in [1.165, 1.54) is 11.3 Å². The maximum Gasteiger partial charge on any atom is 0.308 e. The predicted molar refractivity (Wildman–Crippen MR) is 73.7 cm³/mol. The number of nitrogens with zero attached hydrogens (tertiary/aromatic N) is 1. The molecule has 4 heteroatoms. The molecular weight excluding hydrogens is 242 g/mol. The predicted octanol–water partition coefficient (Wildman–Crippen LogP) is 2.35. The Kier molecular flexibility index (Phi) is 3.69. The van der Waals surface area contributed by atoms with E-state index in [-0.39, 0.29) is 11.5 Å². The van der Waals surface area contributed by atoms with E-state index >= 15 is 0 Å². The molecule has 100 valence electrons. The first kappa shape index (κ1) is 13.3. The van der Waals surface area contributed by atoms with Crippen molar-refractivity contribution in [2.45, 2.75) is 33.6 Å². The Bertz CT molecular complexity index is 686. The van der Waals surface area contributed by atoms with Gasteiger partial charge in [0.15, 0.2) is 5.75 Å². The molecule has 4 nitrogen and oxygen atoms in total. The minimum Gasteiger partial charge on any atom is -0.424 e. The lowest BCUT2D eigenvalue weighted by Crippen LogP contribution is -2.22. The molecule has 2 heterocycles. The van der Waals surface area contributed by atoms with E-state index in [0.29, 0.717) is 29.7 Å². The number of carbonyl (C=O) groups excluding carboxylic acids is 1. The summed E-state index contributed by atoms with van der Waals surface area (Å²) in [4.78, 5) is 23.7. The average molecular weight is 259 g/mol. The van der Waals surface area contributed by atoms with Crippen LogP contribution in [0, 0.1) is 0 Å². The lowest BCUT2D eigenvalue weighted by molar-refractivity contribution is -0.131. The van der Waals surface area contributed by atoms with Crippen molar-refractivity contribution in [2.75, 3.05) is 0 Å². The van der Waals surface area contributed by atoms with Gasteiger partial charge in [0, 0.05) is 24.2 Å². The number of carbonyl (C=O) groups is 1. The Morgan fingerprint density at radius 2 is 1.89 bits per heavy atom. The van der Waals surface area contributed by atoms with Gasteiger partial charge in [0.05, 0.1) is 5.52 Å². The summed E-state index contributed by atoms with van der Waals surface area (Å²) in [6.45, 7) is 5.26. The molecule has 0 aliphatic heterocycles. The first-order valence-corrected chi connectivity index (χ1v) is 6.43. The largest absolute Gasteiger partial charge is 0.424 e. The van der Waals surface area contributed by atoms with E-state index in [1.54, 1.807) is 18.3 Å². The van der Waals surface area contributed by atoms with Crippen LogP contribution < -0.4 is 10.3 Å². The summed E-state index contributed by atoms with van der Waals surface area (Å²) in [5.74, 6) is 0.133. The first-order valence-electron chi connectivity index (χ1n) is 6.43. The van der Waals surface area contributed by atoms with Crippen LogP contribution in [0.1, 0.15) is 31.9 Å². The van der Waals surface area contributed by atoms with Crippen LogP contribution in [0.4, 0.5) is 0 Å². The van der Waals surface area contributed by atoms with E-state index in [2.05, 4.69) is 0 Å². The lowest BCUT2D eigenvalue weighted by atomic mass is 10.0. The quantitative estimate of drug-likeness (QED) is 0.795. The van der Waals surface area contributed by atoms with Crippen molar-refractivity contribution in [3.63, 3.8) is 0 Å². The molecule has 2 aromatic rings. The Labute approximate surface area is 111 Å². The third-order valence-corrected chi connectivity index (χ3v) is 3.16. The number of hydrogen-bond acceptors (Lipinski definition) is 3. The molecule has 0 N–H and O–H groups in total. The molecule has 0 unspecified atom stereocenters. The third kappa shape index (κ3) is 2.26. The minimum absolute atomic E-state index is 0.0362. The van der Waals surface area contributed by atoms with Crippen molar-refractivity contribution < 1.29 is 9.53 Å². The van der Waals surface area contributed by atoms with E-state index < -0.39 is 0 Å². The molecule has 0 aliphatic rings. The van der Waals surface area contributed by atoms with Gasteiger partial charge in [-0.2, -0.15) is 0 Å². The Morgan fingerprint density at radius 1 is 1.21 bits per heavy atom. The maximum absolute atomic E-state index is 12.4. The van der Waals surface area contributed by atoms with Crippen molar-refractivity contribution in [3.05, 3.63) is 45.9 Å². The molecule has 0 radical (unpaired) electrons. The number of aromatic nitrogens is 1. The van der Waals surface area contributed by atoms with Gasteiger partial charge >= 0.3 is 5.97 Å². The van der Waals surface area contributed by atoms with Gasteiger partial charge in [0.2, 0.25) is 0 Å². The highest BCUT2D eigenvalue weighted by molar-refractivity contribution is 5.75. The zero-order valence-corrected chi connectivity index (χ0v) is 11.4. The molecule has 2 rings (SSSR count). The van der Waals surface area contributed by atoms with Gasteiger partial charge < -0.3 is 4.74 Å². The smallest absolute Gasteiger partial charge is 0.308 e. The summed E-state index contributed by atoms with van der Waals surface area (Å²) in [6, 6.07) is 5.40. The fourth-order valence-electron chi connectivity index (χ4n) is 2.37. The van der Waals surface area contributed by atoms with Gasteiger partial charge in [0.25, 0.3) is 5.56 Å². The minimum atomic E-state index is -0.374. The summed E-state index contributed by atoms with van der Waals surface area (Å²) in [5.41, 5.74) is 2.14. The highest BCUT2D eigenvalue weighted by Crippen LogP contribution is 2.27. The number of esters is 1. The monoisotopic (exact) mass is 259 g/mol. The average Bonchev–Trinajstić information content (AvgIpc) is 2.41. The molecule has 19 heavy (non-hydrogen) atoms. The van der Waals surface area contributed by atoms with Crippen LogP contribution in [0.15, 0.2) is 29.2 Å². The molecule has 0 bridgehead atoms. The Balaban J connectivity index is 2.92. The molecule has 0 saturated carbocycles. The summed E-state index contributed by atoms with van der Waals surface area (Å²) >= 11 is 0. The first-order chi connectivity index (χ1) is 9.10. The number of fused-ring (bicyclic) bond motifs is 1. The van der Waals surface area contributed by atoms with Gasteiger partial charge in [-0.05, 0) is 25.0 Å². The summed E-state index contributed by atoms with van der Waals surface area (Å²) < 4.78 is 6.89. The van der Waals surface area contributed by atoms with Crippen LogP contribution in [-0.4, -0.2) is 10.4 Å². The van der Waals surface area contributed by atoms with Crippen LogP contribution in [0.25, 0.3) is 5.52 Å². The highest BCUT2D eigenvalue weighted by atomic mass is 16.5. The third-order valence-electron chi connectivity index (χ3n) is 3.16. The maximum atomic E-state index is 12.4. The van der Waals surface area contributed by atoms with Crippen LogP contribution in [0.3, 0.4) is 0 Å². The molecule has 0 fully saturated rings. The topological polar surface area (TPSA) is 47.8 Å². The number of rotatable bonds is 3. The summed E-state index contributed by atoms with van der Waals surface area (Å²) in [5, 5.41) is 0. The Morgan fingerprint density at radius 3 is 2.47 bits per heavy atom. The normalized spacial score (nSPS) is 10.7. The molecule has 0 atom stereocenters. The van der Waals surface area contributed by atoms with Crippen LogP contribution in [0.2, 0.25) is 0 Å². The second kappa shape index (κ2) is 5.26. The SMILES string of the molecule is CCc1c(CC)c(=O)n2ccccc2c1OC(C)=O. The van der Waals surface area contributed by atoms with Crippen molar-refractivity contribution in [1.82, 2.24) is 4.40 Å². The van der Waals surface area contributed by atoms with Gasteiger partial charge in [-0.25, -0.2) is 0 Å².